The summed E-state index contributed by atoms with van der Waals surface area (Å²) in [6.45, 7) is 5.17. The van der Waals surface area contributed by atoms with Crippen LogP contribution in [0.5, 0.6) is 5.75 Å². The summed E-state index contributed by atoms with van der Waals surface area (Å²) in [5, 5.41) is 2.85. The second-order valence-corrected chi connectivity index (χ2v) is 3.80. The second-order valence-electron chi connectivity index (χ2n) is 3.80. The average Bonchev–Trinajstić information content (AvgIpc) is 2.32. The molecule has 1 aromatic carbocycles. The number of nitrogen functional groups attached to an aromatic ring is 1. The molecule has 0 heterocycles. The van der Waals surface area contributed by atoms with Gasteiger partial charge in [0.25, 0.3) is 5.91 Å². The molecule has 94 valence electrons. The van der Waals surface area contributed by atoms with Gasteiger partial charge in [0.2, 0.25) is 0 Å². The van der Waals surface area contributed by atoms with Crippen molar-refractivity contribution in [1.82, 2.24) is 5.32 Å². The van der Waals surface area contributed by atoms with Crippen molar-refractivity contribution < 1.29 is 9.53 Å². The van der Waals surface area contributed by atoms with Gasteiger partial charge in [0, 0.05) is 12.2 Å². The fourth-order valence-corrected chi connectivity index (χ4v) is 1.48. The number of hydrogen-bond acceptors (Lipinski definition) is 3. The van der Waals surface area contributed by atoms with Crippen LogP contribution < -0.4 is 15.8 Å². The number of hydrogen-bond donors (Lipinski definition) is 2. The molecule has 0 fully saturated rings. The van der Waals surface area contributed by atoms with E-state index in [-0.39, 0.29) is 5.91 Å². The van der Waals surface area contributed by atoms with Crippen molar-refractivity contribution in [2.45, 2.75) is 26.7 Å². The smallest absolute Gasteiger partial charge is 0.255 e. The van der Waals surface area contributed by atoms with Gasteiger partial charge < -0.3 is 15.8 Å². The molecule has 1 aromatic rings. The monoisotopic (exact) mass is 236 g/mol. The highest BCUT2D eigenvalue weighted by Gasteiger charge is 2.12. The van der Waals surface area contributed by atoms with E-state index in [9.17, 15) is 4.79 Å². The fraction of sp³-hybridized carbons (Fsp3) is 0.462. The van der Waals surface area contributed by atoms with Gasteiger partial charge in [-0.3, -0.25) is 4.79 Å². The molecular weight excluding hydrogens is 216 g/mol. The predicted octanol–water partition coefficient (Wildman–Crippen LogP) is 2.20. The topological polar surface area (TPSA) is 64.4 Å². The lowest BCUT2D eigenvalue weighted by Gasteiger charge is -2.11. The van der Waals surface area contributed by atoms with Gasteiger partial charge in [-0.2, -0.15) is 0 Å². The third kappa shape index (κ3) is 3.98. The molecule has 0 spiro atoms. The molecule has 17 heavy (non-hydrogen) atoms. The lowest BCUT2D eigenvalue weighted by atomic mass is 10.1. The molecule has 0 aliphatic carbocycles. The molecule has 0 radical (unpaired) electrons. The van der Waals surface area contributed by atoms with E-state index < -0.39 is 0 Å². The Morgan fingerprint density at radius 1 is 1.41 bits per heavy atom. The molecule has 0 unspecified atom stereocenters. The van der Waals surface area contributed by atoms with Crippen LogP contribution in [-0.2, 0) is 0 Å². The van der Waals surface area contributed by atoms with Crippen LogP contribution in [0.3, 0.4) is 0 Å². The van der Waals surface area contributed by atoms with Gasteiger partial charge in [-0.15, -0.1) is 0 Å². The zero-order valence-corrected chi connectivity index (χ0v) is 10.5. The summed E-state index contributed by atoms with van der Waals surface area (Å²) >= 11 is 0. The Kier molecular flexibility index (Phi) is 5.33. The van der Waals surface area contributed by atoms with Gasteiger partial charge in [0.15, 0.2) is 0 Å². The molecule has 0 aliphatic rings. The molecular formula is C13H20N2O2. The maximum absolute atomic E-state index is 11.9. The molecule has 0 atom stereocenters. The lowest BCUT2D eigenvalue weighted by molar-refractivity contribution is 0.0949. The minimum atomic E-state index is -0.130. The minimum absolute atomic E-state index is 0.130. The number of carbonyl (C=O) groups excluding carboxylic acids is 1. The molecule has 1 rings (SSSR count). The minimum Gasteiger partial charge on any atom is -0.493 e. The van der Waals surface area contributed by atoms with Crippen molar-refractivity contribution in [3.05, 3.63) is 23.8 Å². The first-order chi connectivity index (χ1) is 8.19. The third-order valence-corrected chi connectivity index (χ3v) is 2.36. The standard InChI is InChI=1S/C13H20N2O2/c1-3-5-8-15-13(16)11-9-10(14)6-7-12(11)17-4-2/h6-7,9H,3-5,8,14H2,1-2H3,(H,15,16). The van der Waals surface area contributed by atoms with Crippen molar-refractivity contribution in [3.8, 4) is 5.75 Å². The summed E-state index contributed by atoms with van der Waals surface area (Å²) in [6.07, 6.45) is 2.02. The normalized spacial score (nSPS) is 10.0. The van der Waals surface area contributed by atoms with E-state index in [0.29, 0.717) is 30.2 Å². The first kappa shape index (κ1) is 13.4. The summed E-state index contributed by atoms with van der Waals surface area (Å²) < 4.78 is 5.40. The van der Waals surface area contributed by atoms with Crippen molar-refractivity contribution >= 4 is 11.6 Å². The van der Waals surface area contributed by atoms with Crippen LogP contribution in [0.25, 0.3) is 0 Å². The Labute approximate surface area is 102 Å². The SMILES string of the molecule is CCCCNC(=O)c1cc(N)ccc1OCC. The van der Waals surface area contributed by atoms with Crippen LogP contribution >= 0.6 is 0 Å². The summed E-state index contributed by atoms with van der Waals surface area (Å²) in [7, 11) is 0. The number of nitrogens with two attached hydrogens (primary N) is 1. The highest BCUT2D eigenvalue weighted by atomic mass is 16.5. The van der Waals surface area contributed by atoms with Crippen LogP contribution in [-0.4, -0.2) is 19.1 Å². The van der Waals surface area contributed by atoms with E-state index in [0.717, 1.165) is 12.8 Å². The quantitative estimate of drug-likeness (QED) is 0.588. The lowest BCUT2D eigenvalue weighted by Crippen LogP contribution is -2.25. The number of nitrogens with one attached hydrogen (secondary N) is 1. The van der Waals surface area contributed by atoms with E-state index >= 15 is 0 Å². The Hall–Kier alpha value is -1.71. The Balaban J connectivity index is 2.78. The summed E-state index contributed by atoms with van der Waals surface area (Å²) in [5.74, 6) is 0.449. The van der Waals surface area contributed by atoms with Crippen LogP contribution in [0.1, 0.15) is 37.0 Å². The summed E-state index contributed by atoms with van der Waals surface area (Å²) in [4.78, 5) is 11.9. The Morgan fingerprint density at radius 2 is 2.18 bits per heavy atom. The highest BCUT2D eigenvalue weighted by Crippen LogP contribution is 2.21. The number of amides is 1. The zero-order valence-electron chi connectivity index (χ0n) is 10.5. The first-order valence-electron chi connectivity index (χ1n) is 5.99. The maximum Gasteiger partial charge on any atom is 0.255 e. The summed E-state index contributed by atoms with van der Waals surface area (Å²) in [5.41, 5.74) is 6.75. The van der Waals surface area contributed by atoms with Gasteiger partial charge >= 0.3 is 0 Å². The molecule has 0 bridgehead atoms. The largest absolute Gasteiger partial charge is 0.493 e. The Morgan fingerprint density at radius 3 is 2.82 bits per heavy atom. The van der Waals surface area contributed by atoms with Crippen molar-refractivity contribution in [2.24, 2.45) is 0 Å². The number of rotatable bonds is 6. The Bertz CT molecular complexity index is 378. The fourth-order valence-electron chi connectivity index (χ4n) is 1.48. The van der Waals surface area contributed by atoms with E-state index in [2.05, 4.69) is 12.2 Å². The van der Waals surface area contributed by atoms with Crippen molar-refractivity contribution in [2.75, 3.05) is 18.9 Å². The molecule has 0 saturated heterocycles. The number of ether oxygens (including phenoxy) is 1. The van der Waals surface area contributed by atoms with Crippen molar-refractivity contribution in [1.29, 1.82) is 0 Å². The molecule has 1 amide bonds. The maximum atomic E-state index is 11.9. The first-order valence-corrected chi connectivity index (χ1v) is 5.99. The van der Waals surface area contributed by atoms with E-state index in [1.165, 1.54) is 0 Å². The number of anilines is 1. The number of unbranched alkanes of at least 4 members (excludes halogenated alkanes) is 1. The predicted molar refractivity (Wildman–Crippen MR) is 69.3 cm³/mol. The molecule has 4 heteroatoms. The van der Waals surface area contributed by atoms with E-state index in [1.807, 2.05) is 6.92 Å². The van der Waals surface area contributed by atoms with Gasteiger partial charge in [0.05, 0.1) is 12.2 Å². The van der Waals surface area contributed by atoms with Crippen LogP contribution in [0.4, 0.5) is 5.69 Å². The van der Waals surface area contributed by atoms with Gasteiger partial charge in [-0.25, -0.2) is 0 Å². The molecule has 0 saturated carbocycles. The van der Waals surface area contributed by atoms with Crippen molar-refractivity contribution in [3.63, 3.8) is 0 Å². The molecule has 4 nitrogen and oxygen atoms in total. The molecule has 0 aliphatic heterocycles. The molecule has 0 aromatic heterocycles. The summed E-state index contributed by atoms with van der Waals surface area (Å²) in [6, 6.07) is 5.10. The van der Waals surface area contributed by atoms with Gasteiger partial charge in [-0.1, -0.05) is 13.3 Å². The average molecular weight is 236 g/mol. The van der Waals surface area contributed by atoms with E-state index in [4.69, 9.17) is 10.5 Å². The van der Waals surface area contributed by atoms with Crippen LogP contribution in [0.15, 0.2) is 18.2 Å². The molecule has 3 N–H and O–H groups in total. The number of carbonyl (C=O) groups is 1. The second kappa shape index (κ2) is 6.78. The van der Waals surface area contributed by atoms with Gasteiger partial charge in [-0.05, 0) is 31.5 Å². The van der Waals surface area contributed by atoms with Crippen LogP contribution in [0.2, 0.25) is 0 Å². The zero-order chi connectivity index (χ0) is 12.7. The third-order valence-electron chi connectivity index (χ3n) is 2.36. The number of benzene rings is 1. The highest BCUT2D eigenvalue weighted by molar-refractivity contribution is 5.97. The van der Waals surface area contributed by atoms with Crippen LogP contribution in [0, 0.1) is 0 Å². The van der Waals surface area contributed by atoms with E-state index in [1.54, 1.807) is 18.2 Å². The van der Waals surface area contributed by atoms with Gasteiger partial charge in [0.1, 0.15) is 5.75 Å².